The van der Waals surface area contributed by atoms with Crippen molar-refractivity contribution in [2.24, 2.45) is 0 Å². The molecule has 0 saturated carbocycles. The van der Waals surface area contributed by atoms with Crippen LogP contribution in [-0.2, 0) is 17.8 Å². The third kappa shape index (κ3) is 3.61. The van der Waals surface area contributed by atoms with Crippen LogP contribution in [0.3, 0.4) is 0 Å². The maximum Gasteiger partial charge on any atom is 0.263 e. The molecule has 30 heavy (non-hydrogen) atoms. The molecule has 0 bridgehead atoms. The van der Waals surface area contributed by atoms with Crippen LogP contribution in [0.25, 0.3) is 10.2 Å². The normalized spacial score (nSPS) is 14.6. The van der Waals surface area contributed by atoms with Gasteiger partial charge in [0.25, 0.3) is 5.56 Å². The fraction of sp³-hybridized carbons (Fsp3) is 0.348. The van der Waals surface area contributed by atoms with Gasteiger partial charge < -0.3 is 4.90 Å². The highest BCUT2D eigenvalue weighted by atomic mass is 32.2. The topological polar surface area (TPSA) is 55.2 Å². The Balaban J connectivity index is 1.69. The van der Waals surface area contributed by atoms with Gasteiger partial charge in [-0.15, -0.1) is 17.9 Å². The molecule has 7 heteroatoms. The Hall–Kier alpha value is -2.38. The van der Waals surface area contributed by atoms with E-state index in [4.69, 9.17) is 4.98 Å². The van der Waals surface area contributed by atoms with Gasteiger partial charge in [0, 0.05) is 23.7 Å². The van der Waals surface area contributed by atoms with Crippen molar-refractivity contribution in [1.29, 1.82) is 0 Å². The number of anilines is 1. The van der Waals surface area contributed by atoms with E-state index in [1.807, 2.05) is 43.9 Å². The SMILES string of the molecule is C=CCn1c(SC(C)C(=O)N2CCCc3ccccc32)nc2sc(C)c(C)c2c1=O. The molecular formula is C23H25N3O2S2. The molecule has 0 radical (unpaired) electrons. The Labute approximate surface area is 184 Å². The van der Waals surface area contributed by atoms with Crippen molar-refractivity contribution < 1.29 is 4.79 Å². The fourth-order valence-electron chi connectivity index (χ4n) is 3.88. The van der Waals surface area contributed by atoms with E-state index in [0.29, 0.717) is 17.1 Å². The first kappa shape index (κ1) is 20.9. The van der Waals surface area contributed by atoms with Crippen LogP contribution in [0.15, 0.2) is 46.9 Å². The number of para-hydroxylation sites is 1. The Morgan fingerprint density at radius 2 is 2.13 bits per heavy atom. The number of carbonyl (C=O) groups is 1. The molecule has 156 valence electrons. The average Bonchev–Trinajstić information content (AvgIpc) is 3.03. The Kier molecular flexibility index (Phi) is 5.84. The monoisotopic (exact) mass is 439 g/mol. The van der Waals surface area contributed by atoms with Crippen LogP contribution < -0.4 is 10.5 Å². The zero-order valence-electron chi connectivity index (χ0n) is 17.5. The van der Waals surface area contributed by atoms with Gasteiger partial charge in [-0.25, -0.2) is 4.98 Å². The molecule has 1 aliphatic rings. The third-order valence-corrected chi connectivity index (χ3v) is 7.75. The second-order valence-electron chi connectivity index (χ2n) is 7.54. The van der Waals surface area contributed by atoms with E-state index in [1.54, 1.807) is 10.6 Å². The lowest BCUT2D eigenvalue weighted by Crippen LogP contribution is -2.40. The van der Waals surface area contributed by atoms with Gasteiger partial charge in [0.2, 0.25) is 5.91 Å². The molecule has 0 fully saturated rings. The summed E-state index contributed by atoms with van der Waals surface area (Å²) in [6, 6.07) is 8.09. The minimum atomic E-state index is -0.362. The summed E-state index contributed by atoms with van der Waals surface area (Å²) in [7, 11) is 0. The molecule has 1 atom stereocenters. The van der Waals surface area contributed by atoms with Gasteiger partial charge in [-0.2, -0.15) is 0 Å². The molecule has 3 aromatic rings. The zero-order valence-corrected chi connectivity index (χ0v) is 19.1. The minimum Gasteiger partial charge on any atom is -0.311 e. The van der Waals surface area contributed by atoms with E-state index in [2.05, 4.69) is 12.6 Å². The van der Waals surface area contributed by atoms with Crippen LogP contribution in [0.1, 0.15) is 29.3 Å². The van der Waals surface area contributed by atoms with Crippen molar-refractivity contribution in [3.63, 3.8) is 0 Å². The lowest BCUT2D eigenvalue weighted by molar-refractivity contribution is -0.117. The molecule has 1 unspecified atom stereocenters. The first-order valence-electron chi connectivity index (χ1n) is 10.1. The van der Waals surface area contributed by atoms with Gasteiger partial charge >= 0.3 is 0 Å². The van der Waals surface area contributed by atoms with Gasteiger partial charge in [0.05, 0.1) is 10.6 Å². The predicted molar refractivity (Wildman–Crippen MR) is 126 cm³/mol. The molecule has 5 nitrogen and oxygen atoms in total. The first-order valence-corrected chi connectivity index (χ1v) is 11.8. The molecule has 4 rings (SSSR count). The van der Waals surface area contributed by atoms with Gasteiger partial charge in [-0.3, -0.25) is 14.2 Å². The minimum absolute atomic E-state index is 0.0465. The molecule has 0 aliphatic carbocycles. The summed E-state index contributed by atoms with van der Waals surface area (Å²) in [6.45, 7) is 10.7. The van der Waals surface area contributed by atoms with E-state index in [-0.39, 0.29) is 16.7 Å². The summed E-state index contributed by atoms with van der Waals surface area (Å²) in [6.07, 6.45) is 3.65. The average molecular weight is 440 g/mol. The van der Waals surface area contributed by atoms with Gasteiger partial charge in [0.1, 0.15) is 4.83 Å². The molecule has 0 spiro atoms. The number of benzene rings is 1. The Morgan fingerprint density at radius 1 is 1.37 bits per heavy atom. The number of nitrogens with zero attached hydrogens (tertiary/aromatic N) is 3. The number of thiophene rings is 1. The molecular weight excluding hydrogens is 414 g/mol. The van der Waals surface area contributed by atoms with Gasteiger partial charge in [-0.05, 0) is 50.8 Å². The summed E-state index contributed by atoms with van der Waals surface area (Å²) < 4.78 is 1.63. The number of rotatable bonds is 5. The molecule has 1 aliphatic heterocycles. The lowest BCUT2D eigenvalue weighted by atomic mass is 10.0. The molecule has 3 heterocycles. The van der Waals surface area contributed by atoms with E-state index in [9.17, 15) is 9.59 Å². The summed E-state index contributed by atoms with van der Waals surface area (Å²) >= 11 is 2.88. The second-order valence-corrected chi connectivity index (χ2v) is 10.1. The largest absolute Gasteiger partial charge is 0.311 e. The number of thioether (sulfide) groups is 1. The number of hydrogen-bond donors (Lipinski definition) is 0. The highest BCUT2D eigenvalue weighted by molar-refractivity contribution is 8.00. The van der Waals surface area contributed by atoms with Crippen molar-refractivity contribution in [2.75, 3.05) is 11.4 Å². The van der Waals surface area contributed by atoms with E-state index >= 15 is 0 Å². The molecule has 0 N–H and O–H groups in total. The van der Waals surface area contributed by atoms with Crippen molar-refractivity contribution in [1.82, 2.24) is 9.55 Å². The second kappa shape index (κ2) is 8.40. The third-order valence-electron chi connectivity index (χ3n) is 5.57. The van der Waals surface area contributed by atoms with Crippen molar-refractivity contribution in [3.8, 4) is 0 Å². The molecule has 2 aromatic heterocycles. The highest BCUT2D eigenvalue weighted by Gasteiger charge is 2.28. The quantitative estimate of drug-likeness (QED) is 0.328. The Morgan fingerprint density at radius 3 is 2.90 bits per heavy atom. The van der Waals surface area contributed by atoms with Crippen LogP contribution in [0, 0.1) is 13.8 Å². The summed E-state index contributed by atoms with van der Waals surface area (Å²) in [5.74, 6) is 0.0465. The Bertz CT molecular complexity index is 1200. The summed E-state index contributed by atoms with van der Waals surface area (Å²) in [4.78, 5) is 35.0. The van der Waals surface area contributed by atoms with Crippen molar-refractivity contribution in [2.45, 2.75) is 50.6 Å². The lowest BCUT2D eigenvalue weighted by Gasteiger charge is -2.31. The summed E-state index contributed by atoms with van der Waals surface area (Å²) in [5.41, 5.74) is 3.13. The maximum absolute atomic E-state index is 13.3. The number of allylic oxidation sites excluding steroid dienone is 1. The molecule has 1 aromatic carbocycles. The number of hydrogen-bond acceptors (Lipinski definition) is 5. The van der Waals surface area contributed by atoms with Crippen LogP contribution in [-0.4, -0.2) is 27.3 Å². The smallest absolute Gasteiger partial charge is 0.263 e. The van der Waals surface area contributed by atoms with Crippen LogP contribution in [0.2, 0.25) is 0 Å². The van der Waals surface area contributed by atoms with E-state index in [0.717, 1.165) is 40.3 Å². The number of fused-ring (bicyclic) bond motifs is 2. The van der Waals surface area contributed by atoms with Gasteiger partial charge in [-0.1, -0.05) is 36.0 Å². The number of carbonyl (C=O) groups excluding carboxylic acids is 1. The van der Waals surface area contributed by atoms with E-state index < -0.39 is 0 Å². The van der Waals surface area contributed by atoms with Crippen molar-refractivity contribution >= 4 is 44.9 Å². The summed E-state index contributed by atoms with van der Waals surface area (Å²) in [5, 5.41) is 0.881. The fourth-order valence-corrected chi connectivity index (χ4v) is 5.93. The number of aryl methyl sites for hydroxylation is 3. The molecule has 0 saturated heterocycles. The highest BCUT2D eigenvalue weighted by Crippen LogP contribution is 2.32. The standard InChI is InChI=1S/C23H25N3O2S2/c1-5-12-26-22(28)19-14(2)15(3)29-20(19)24-23(26)30-16(4)21(27)25-13-8-10-17-9-6-7-11-18(17)25/h5-7,9,11,16H,1,8,10,12-13H2,2-4H3. The van der Waals surface area contributed by atoms with Gasteiger partial charge in [0.15, 0.2) is 5.16 Å². The van der Waals surface area contributed by atoms with Crippen molar-refractivity contribution in [3.05, 3.63) is 63.3 Å². The maximum atomic E-state index is 13.3. The van der Waals surface area contributed by atoms with Crippen LogP contribution in [0.4, 0.5) is 5.69 Å². The van der Waals surface area contributed by atoms with E-state index in [1.165, 1.54) is 28.7 Å². The number of amides is 1. The predicted octanol–water partition coefficient (Wildman–Crippen LogP) is 4.72. The van der Waals surface area contributed by atoms with Crippen LogP contribution in [0.5, 0.6) is 0 Å². The zero-order chi connectivity index (χ0) is 21.4. The molecule has 1 amide bonds. The first-order chi connectivity index (χ1) is 14.4. The number of aromatic nitrogens is 2. The van der Waals surface area contributed by atoms with Crippen LogP contribution >= 0.6 is 23.1 Å².